The second-order valence-electron chi connectivity index (χ2n) is 8.42. The molecule has 32 heavy (non-hydrogen) atoms. The first-order chi connectivity index (χ1) is 15.4. The smallest absolute Gasteiger partial charge is 0.313 e. The predicted octanol–water partition coefficient (Wildman–Crippen LogP) is 2.20. The molecule has 2 aliphatic rings. The number of rotatable bonds is 5. The minimum absolute atomic E-state index is 0.0430. The zero-order valence-electron chi connectivity index (χ0n) is 18.8. The van der Waals surface area contributed by atoms with Crippen molar-refractivity contribution in [1.82, 2.24) is 10.2 Å². The Kier molecular flexibility index (Phi) is 6.50. The van der Waals surface area contributed by atoms with E-state index in [1.54, 1.807) is 18.2 Å². The maximum atomic E-state index is 12.5. The van der Waals surface area contributed by atoms with Gasteiger partial charge >= 0.3 is 11.8 Å². The Bertz CT molecular complexity index is 1010. The van der Waals surface area contributed by atoms with Gasteiger partial charge in [0.05, 0.1) is 6.04 Å². The lowest BCUT2D eigenvalue weighted by Gasteiger charge is -2.30. The summed E-state index contributed by atoms with van der Waals surface area (Å²) in [5.41, 5.74) is 4.19. The molecular weight excluding hydrogens is 408 g/mol. The molecule has 0 unspecified atom stereocenters. The number of nitrogens with one attached hydrogen (secondary N) is 2. The summed E-state index contributed by atoms with van der Waals surface area (Å²) in [6, 6.07) is 11.5. The van der Waals surface area contributed by atoms with Gasteiger partial charge in [0.1, 0.15) is 13.2 Å². The standard InChI is InChI=1S/C24H30N4O4/c1-27(2)20(17-6-8-19-16(13-17)5-4-10-28(19)3)15-25-23(29)24(30)26-18-7-9-21-22(14-18)32-12-11-31-21/h6-9,13-14,20H,4-5,10-12,15H2,1-3H3,(H,25,29)(H,26,30)/t20-/m1/s1. The molecule has 1 atom stereocenters. The monoisotopic (exact) mass is 438 g/mol. The number of anilines is 2. The summed E-state index contributed by atoms with van der Waals surface area (Å²) in [4.78, 5) is 29.2. The second kappa shape index (κ2) is 9.48. The molecule has 2 amide bonds. The fourth-order valence-corrected chi connectivity index (χ4v) is 4.19. The van der Waals surface area contributed by atoms with Crippen molar-refractivity contribution in [1.29, 1.82) is 0 Å². The molecule has 0 bridgehead atoms. The summed E-state index contributed by atoms with van der Waals surface area (Å²) in [7, 11) is 6.05. The number of amides is 2. The van der Waals surface area contributed by atoms with Gasteiger partial charge in [0.15, 0.2) is 11.5 Å². The molecule has 0 saturated carbocycles. The molecule has 2 aromatic carbocycles. The van der Waals surface area contributed by atoms with E-state index in [1.165, 1.54) is 11.3 Å². The SMILES string of the molecule is CN1CCCc2cc([C@@H](CNC(=O)C(=O)Nc3ccc4c(c3)OCCO4)N(C)C)ccc21. The summed E-state index contributed by atoms with van der Waals surface area (Å²) < 4.78 is 11.0. The first-order valence-electron chi connectivity index (χ1n) is 10.9. The average molecular weight is 439 g/mol. The van der Waals surface area contributed by atoms with Crippen LogP contribution in [0.2, 0.25) is 0 Å². The highest BCUT2D eigenvalue weighted by molar-refractivity contribution is 6.39. The van der Waals surface area contributed by atoms with Crippen LogP contribution in [0, 0.1) is 0 Å². The Morgan fingerprint density at radius 1 is 1.06 bits per heavy atom. The van der Waals surface area contributed by atoms with Crippen LogP contribution in [-0.4, -0.2) is 64.2 Å². The van der Waals surface area contributed by atoms with Crippen molar-refractivity contribution in [2.45, 2.75) is 18.9 Å². The first-order valence-corrected chi connectivity index (χ1v) is 10.9. The number of ether oxygens (including phenoxy) is 2. The van der Waals surface area contributed by atoms with Crippen molar-refractivity contribution < 1.29 is 19.1 Å². The lowest BCUT2D eigenvalue weighted by Crippen LogP contribution is -2.40. The fourth-order valence-electron chi connectivity index (χ4n) is 4.19. The highest BCUT2D eigenvalue weighted by Gasteiger charge is 2.22. The van der Waals surface area contributed by atoms with Crippen LogP contribution >= 0.6 is 0 Å². The number of aryl methyl sites for hydroxylation is 1. The van der Waals surface area contributed by atoms with Crippen LogP contribution in [0.5, 0.6) is 11.5 Å². The molecule has 4 rings (SSSR count). The van der Waals surface area contributed by atoms with Crippen LogP contribution in [0.4, 0.5) is 11.4 Å². The zero-order chi connectivity index (χ0) is 22.7. The van der Waals surface area contributed by atoms with Gasteiger partial charge in [-0.2, -0.15) is 0 Å². The van der Waals surface area contributed by atoms with Crippen LogP contribution < -0.4 is 25.0 Å². The van der Waals surface area contributed by atoms with E-state index in [0.29, 0.717) is 36.9 Å². The van der Waals surface area contributed by atoms with E-state index in [0.717, 1.165) is 24.9 Å². The maximum Gasteiger partial charge on any atom is 0.313 e. The van der Waals surface area contributed by atoms with Gasteiger partial charge in [-0.15, -0.1) is 0 Å². The van der Waals surface area contributed by atoms with Crippen molar-refractivity contribution in [2.24, 2.45) is 0 Å². The molecule has 0 fully saturated rings. The molecule has 2 aromatic rings. The Hall–Kier alpha value is -3.26. The molecule has 2 aliphatic heterocycles. The van der Waals surface area contributed by atoms with E-state index in [4.69, 9.17) is 9.47 Å². The van der Waals surface area contributed by atoms with E-state index >= 15 is 0 Å². The molecule has 2 N–H and O–H groups in total. The number of hydrogen-bond donors (Lipinski definition) is 2. The molecule has 8 heteroatoms. The molecule has 0 radical (unpaired) electrons. The highest BCUT2D eigenvalue weighted by Crippen LogP contribution is 2.33. The van der Waals surface area contributed by atoms with E-state index in [9.17, 15) is 9.59 Å². The zero-order valence-corrected chi connectivity index (χ0v) is 18.8. The van der Waals surface area contributed by atoms with Gasteiger partial charge < -0.3 is 29.9 Å². The number of likely N-dealkylation sites (N-methyl/N-ethyl adjacent to an activating group) is 1. The van der Waals surface area contributed by atoms with Crippen molar-refractivity contribution in [3.05, 3.63) is 47.5 Å². The number of carbonyl (C=O) groups is 2. The van der Waals surface area contributed by atoms with Crippen LogP contribution in [0.15, 0.2) is 36.4 Å². The number of nitrogens with zero attached hydrogens (tertiary/aromatic N) is 2. The topological polar surface area (TPSA) is 83.1 Å². The largest absolute Gasteiger partial charge is 0.486 e. The van der Waals surface area contributed by atoms with Crippen LogP contribution in [0.25, 0.3) is 0 Å². The Morgan fingerprint density at radius 3 is 2.62 bits per heavy atom. The van der Waals surface area contributed by atoms with Gasteiger partial charge in [-0.3, -0.25) is 9.59 Å². The summed E-state index contributed by atoms with van der Waals surface area (Å²) in [5, 5.41) is 5.40. The molecular formula is C24H30N4O4. The minimum Gasteiger partial charge on any atom is -0.486 e. The Morgan fingerprint density at radius 2 is 1.84 bits per heavy atom. The van der Waals surface area contributed by atoms with Gasteiger partial charge in [0.25, 0.3) is 0 Å². The molecule has 170 valence electrons. The maximum absolute atomic E-state index is 12.5. The van der Waals surface area contributed by atoms with Crippen molar-refractivity contribution >= 4 is 23.2 Å². The van der Waals surface area contributed by atoms with Crippen LogP contribution in [0.1, 0.15) is 23.6 Å². The van der Waals surface area contributed by atoms with Crippen LogP contribution in [0.3, 0.4) is 0 Å². The quantitative estimate of drug-likeness (QED) is 0.697. The second-order valence-corrected chi connectivity index (χ2v) is 8.42. The van der Waals surface area contributed by atoms with Gasteiger partial charge in [-0.1, -0.05) is 12.1 Å². The van der Waals surface area contributed by atoms with Crippen LogP contribution in [-0.2, 0) is 16.0 Å². The third-order valence-corrected chi connectivity index (χ3v) is 5.92. The van der Waals surface area contributed by atoms with E-state index in [-0.39, 0.29) is 6.04 Å². The minimum atomic E-state index is -0.716. The van der Waals surface area contributed by atoms with Gasteiger partial charge in [0, 0.05) is 37.6 Å². The molecule has 0 saturated heterocycles. The normalized spacial score (nSPS) is 15.7. The third kappa shape index (κ3) is 4.80. The number of hydrogen-bond acceptors (Lipinski definition) is 6. The van der Waals surface area contributed by atoms with E-state index < -0.39 is 11.8 Å². The highest BCUT2D eigenvalue weighted by atomic mass is 16.6. The first kappa shape index (κ1) is 22.0. The lowest BCUT2D eigenvalue weighted by atomic mass is 9.96. The number of carbonyl (C=O) groups excluding carboxylic acids is 2. The molecule has 0 aliphatic carbocycles. The summed E-state index contributed by atoms with van der Waals surface area (Å²) in [6.45, 7) is 2.35. The van der Waals surface area contributed by atoms with Gasteiger partial charge in [-0.05, 0) is 56.3 Å². The van der Waals surface area contributed by atoms with Crippen molar-refractivity contribution in [3.63, 3.8) is 0 Å². The van der Waals surface area contributed by atoms with Gasteiger partial charge in [-0.25, -0.2) is 0 Å². The third-order valence-electron chi connectivity index (χ3n) is 5.92. The molecule has 0 spiro atoms. The summed E-state index contributed by atoms with van der Waals surface area (Å²) in [5.74, 6) is -0.209. The molecule has 0 aromatic heterocycles. The lowest BCUT2D eigenvalue weighted by molar-refractivity contribution is -0.136. The fraction of sp³-hybridized carbons (Fsp3) is 0.417. The Labute approximate surface area is 188 Å². The predicted molar refractivity (Wildman–Crippen MR) is 124 cm³/mol. The summed E-state index contributed by atoms with van der Waals surface area (Å²) in [6.07, 6.45) is 2.19. The molecule has 2 heterocycles. The van der Waals surface area contributed by atoms with Crippen molar-refractivity contribution in [2.75, 3.05) is 57.7 Å². The van der Waals surface area contributed by atoms with Gasteiger partial charge in [0.2, 0.25) is 0 Å². The molecule has 8 nitrogen and oxygen atoms in total. The number of fused-ring (bicyclic) bond motifs is 2. The average Bonchev–Trinajstić information content (AvgIpc) is 2.79. The number of benzene rings is 2. The Balaban J connectivity index is 1.38. The summed E-state index contributed by atoms with van der Waals surface area (Å²) >= 11 is 0. The van der Waals surface area contributed by atoms with Crippen molar-refractivity contribution in [3.8, 4) is 11.5 Å². The van der Waals surface area contributed by atoms with E-state index in [2.05, 4.69) is 40.8 Å². The van der Waals surface area contributed by atoms with E-state index in [1.807, 2.05) is 19.0 Å².